The molecule has 0 nitrogen and oxygen atoms in total. The van der Waals surface area contributed by atoms with Crippen molar-refractivity contribution in [2.24, 2.45) is 0 Å². The molecule has 1 rings (SSSR count). The molecule has 0 atom stereocenters. The molecular formula is C7H4Br2F2. The van der Waals surface area contributed by atoms with E-state index < -0.39 is 4.83 Å². The fourth-order valence-electron chi connectivity index (χ4n) is 0.665. The van der Waals surface area contributed by atoms with Gasteiger partial charge in [0.25, 0.3) is 0 Å². The molecule has 0 aliphatic heterocycles. The molecule has 0 aliphatic carbocycles. The smallest absolute Gasteiger partial charge is 0.188 e. The third-order valence-corrected chi connectivity index (χ3v) is 2.10. The molecule has 60 valence electrons. The lowest BCUT2D eigenvalue weighted by Crippen LogP contribution is -2.01. The normalized spacial score (nSPS) is 11.6. The maximum absolute atomic E-state index is 12.5. The molecule has 0 radical (unpaired) electrons. The SMILES string of the molecule is FC(F)(Br)c1cccc(Br)c1. The Balaban J connectivity index is 3.06. The molecule has 0 spiro atoms. The number of rotatable bonds is 1. The van der Waals surface area contributed by atoms with Crippen LogP contribution in [0.5, 0.6) is 0 Å². The van der Waals surface area contributed by atoms with E-state index in [0.717, 1.165) is 0 Å². The Hall–Kier alpha value is 0.0400. The minimum Gasteiger partial charge on any atom is -0.188 e. The second-order valence-electron chi connectivity index (χ2n) is 2.01. The highest BCUT2D eigenvalue weighted by Crippen LogP contribution is 2.35. The fraction of sp³-hybridized carbons (Fsp3) is 0.143. The van der Waals surface area contributed by atoms with E-state index in [4.69, 9.17) is 0 Å². The Morgan fingerprint density at radius 2 is 1.91 bits per heavy atom. The van der Waals surface area contributed by atoms with Crippen LogP contribution in [0.2, 0.25) is 0 Å². The van der Waals surface area contributed by atoms with E-state index >= 15 is 0 Å². The average Bonchev–Trinajstić information content (AvgIpc) is 1.86. The summed E-state index contributed by atoms with van der Waals surface area (Å²) in [6.45, 7) is 0. The van der Waals surface area contributed by atoms with Gasteiger partial charge in [-0.2, -0.15) is 8.78 Å². The second-order valence-corrected chi connectivity index (χ2v) is 3.92. The molecule has 0 heterocycles. The summed E-state index contributed by atoms with van der Waals surface area (Å²) in [4.78, 5) is -2.93. The predicted molar refractivity (Wildman–Crippen MR) is 47.0 cm³/mol. The van der Waals surface area contributed by atoms with Crippen molar-refractivity contribution in [3.8, 4) is 0 Å². The van der Waals surface area contributed by atoms with Crippen LogP contribution in [-0.4, -0.2) is 0 Å². The van der Waals surface area contributed by atoms with Crippen LogP contribution in [-0.2, 0) is 4.83 Å². The van der Waals surface area contributed by atoms with Gasteiger partial charge in [0.15, 0.2) is 0 Å². The van der Waals surface area contributed by atoms with Crippen LogP contribution < -0.4 is 0 Å². The quantitative estimate of drug-likeness (QED) is 0.687. The van der Waals surface area contributed by atoms with Crippen LogP contribution in [0.25, 0.3) is 0 Å². The molecule has 0 saturated heterocycles. The van der Waals surface area contributed by atoms with Gasteiger partial charge in [-0.15, -0.1) is 0 Å². The molecule has 0 aromatic heterocycles. The van der Waals surface area contributed by atoms with Crippen LogP contribution in [0, 0.1) is 0 Å². The third kappa shape index (κ3) is 2.52. The lowest BCUT2D eigenvalue weighted by Gasteiger charge is -2.07. The largest absolute Gasteiger partial charge is 0.326 e. The molecule has 0 aliphatic rings. The Labute approximate surface area is 79.9 Å². The van der Waals surface area contributed by atoms with Gasteiger partial charge in [-0.05, 0) is 28.1 Å². The Bertz CT molecular complexity index is 255. The van der Waals surface area contributed by atoms with Gasteiger partial charge in [-0.25, -0.2) is 0 Å². The van der Waals surface area contributed by atoms with Crippen molar-refractivity contribution in [2.75, 3.05) is 0 Å². The van der Waals surface area contributed by atoms with E-state index in [9.17, 15) is 8.78 Å². The minimum absolute atomic E-state index is 0.0492. The van der Waals surface area contributed by atoms with Gasteiger partial charge in [0.05, 0.1) is 0 Å². The van der Waals surface area contributed by atoms with Gasteiger partial charge < -0.3 is 0 Å². The predicted octanol–water partition coefficient (Wildman–Crippen LogP) is 3.89. The first-order valence-corrected chi connectivity index (χ1v) is 4.41. The van der Waals surface area contributed by atoms with Crippen molar-refractivity contribution in [2.45, 2.75) is 4.83 Å². The van der Waals surface area contributed by atoms with E-state index in [-0.39, 0.29) is 5.56 Å². The summed E-state index contributed by atoms with van der Waals surface area (Å²) in [7, 11) is 0. The molecule has 1 aromatic carbocycles. The van der Waals surface area contributed by atoms with E-state index in [2.05, 4.69) is 31.9 Å². The summed E-state index contributed by atoms with van der Waals surface area (Å²) in [6, 6.07) is 5.99. The summed E-state index contributed by atoms with van der Waals surface area (Å²) in [5, 5.41) is 0. The maximum atomic E-state index is 12.5. The second kappa shape index (κ2) is 3.19. The average molecular weight is 286 g/mol. The Morgan fingerprint density at radius 3 is 2.27 bits per heavy atom. The number of hydrogen-bond donors (Lipinski definition) is 0. The van der Waals surface area contributed by atoms with Crippen molar-refractivity contribution in [3.05, 3.63) is 34.3 Å². The van der Waals surface area contributed by atoms with Crippen molar-refractivity contribution in [3.63, 3.8) is 0 Å². The van der Waals surface area contributed by atoms with Gasteiger partial charge in [0.2, 0.25) is 0 Å². The van der Waals surface area contributed by atoms with E-state index in [1.165, 1.54) is 12.1 Å². The highest BCUT2D eigenvalue weighted by molar-refractivity contribution is 9.10. The van der Waals surface area contributed by atoms with Crippen LogP contribution in [0.4, 0.5) is 8.78 Å². The van der Waals surface area contributed by atoms with E-state index in [1.807, 2.05) is 0 Å². The van der Waals surface area contributed by atoms with Gasteiger partial charge in [-0.1, -0.05) is 28.1 Å². The zero-order chi connectivity index (χ0) is 8.48. The zero-order valence-corrected chi connectivity index (χ0v) is 8.49. The molecule has 0 bridgehead atoms. The van der Waals surface area contributed by atoms with Gasteiger partial charge in [0, 0.05) is 10.0 Å². The molecule has 0 N–H and O–H groups in total. The first kappa shape index (κ1) is 9.13. The number of hydrogen-bond acceptors (Lipinski definition) is 0. The van der Waals surface area contributed by atoms with Crippen LogP contribution in [0.15, 0.2) is 28.7 Å². The highest BCUT2D eigenvalue weighted by atomic mass is 79.9. The standard InChI is InChI=1S/C7H4Br2F2/c8-6-3-1-2-5(4-6)7(9,10)11/h1-4H. The van der Waals surface area contributed by atoms with Crippen LogP contribution in [0.3, 0.4) is 0 Å². The zero-order valence-electron chi connectivity index (χ0n) is 5.32. The third-order valence-electron chi connectivity index (χ3n) is 1.15. The summed E-state index contributed by atoms with van der Waals surface area (Å²) in [6.07, 6.45) is 0. The monoisotopic (exact) mass is 284 g/mol. The van der Waals surface area contributed by atoms with Crippen molar-refractivity contribution < 1.29 is 8.78 Å². The van der Waals surface area contributed by atoms with Gasteiger partial charge in [0.1, 0.15) is 0 Å². The molecular weight excluding hydrogens is 282 g/mol. The molecule has 11 heavy (non-hydrogen) atoms. The van der Waals surface area contributed by atoms with Gasteiger partial charge >= 0.3 is 4.83 Å². The fourth-order valence-corrected chi connectivity index (χ4v) is 1.31. The van der Waals surface area contributed by atoms with Crippen LogP contribution in [0.1, 0.15) is 5.56 Å². The topological polar surface area (TPSA) is 0 Å². The molecule has 0 saturated carbocycles. The Morgan fingerprint density at radius 1 is 1.27 bits per heavy atom. The summed E-state index contributed by atoms with van der Waals surface area (Å²) >= 11 is 5.37. The number of alkyl halides is 3. The van der Waals surface area contributed by atoms with Crippen molar-refractivity contribution in [1.29, 1.82) is 0 Å². The molecule has 4 heteroatoms. The number of halogens is 4. The first-order valence-electron chi connectivity index (χ1n) is 2.83. The van der Waals surface area contributed by atoms with Gasteiger partial charge in [-0.3, -0.25) is 0 Å². The highest BCUT2D eigenvalue weighted by Gasteiger charge is 2.26. The number of benzene rings is 1. The van der Waals surface area contributed by atoms with Crippen molar-refractivity contribution >= 4 is 31.9 Å². The van der Waals surface area contributed by atoms with Crippen LogP contribution >= 0.6 is 31.9 Å². The summed E-state index contributed by atoms with van der Waals surface area (Å²) in [5.74, 6) is 0. The van der Waals surface area contributed by atoms with E-state index in [1.54, 1.807) is 12.1 Å². The molecule has 0 fully saturated rings. The Kier molecular flexibility index (Phi) is 2.65. The van der Waals surface area contributed by atoms with E-state index in [0.29, 0.717) is 4.47 Å². The molecule has 1 aromatic rings. The minimum atomic E-state index is -2.93. The molecule has 0 unspecified atom stereocenters. The van der Waals surface area contributed by atoms with Crippen molar-refractivity contribution in [1.82, 2.24) is 0 Å². The lowest BCUT2D eigenvalue weighted by molar-refractivity contribution is 0.114. The summed E-state index contributed by atoms with van der Waals surface area (Å²) < 4.78 is 25.7. The maximum Gasteiger partial charge on any atom is 0.326 e. The lowest BCUT2D eigenvalue weighted by atomic mass is 10.2. The molecule has 0 amide bonds. The first-order chi connectivity index (χ1) is 5.00. The summed E-state index contributed by atoms with van der Waals surface area (Å²) in [5.41, 5.74) is -0.0492.